The quantitative estimate of drug-likeness (QED) is 0.610. The molecule has 0 saturated heterocycles. The first-order valence-electron chi connectivity index (χ1n) is 9.46. The number of methoxy groups -OCH3 is 1. The molecule has 1 heterocycles. The van der Waals surface area contributed by atoms with Crippen LogP contribution in [0.3, 0.4) is 0 Å². The van der Waals surface area contributed by atoms with E-state index in [0.29, 0.717) is 17.1 Å². The lowest BCUT2D eigenvalue weighted by Crippen LogP contribution is -2.34. The number of benzene rings is 2. The van der Waals surface area contributed by atoms with Gasteiger partial charge in [0.1, 0.15) is 11.5 Å². The average Bonchev–Trinajstić information content (AvgIpc) is 2.73. The minimum absolute atomic E-state index is 0.110. The Kier molecular flexibility index (Phi) is 6.69. The summed E-state index contributed by atoms with van der Waals surface area (Å²) in [4.78, 5) is 35.7. The number of ether oxygens (including phenoxy) is 2. The molecule has 3 amide bonds. The predicted octanol–water partition coefficient (Wildman–Crippen LogP) is 2.57. The summed E-state index contributed by atoms with van der Waals surface area (Å²) in [7, 11) is 1.59. The van der Waals surface area contributed by atoms with Crippen LogP contribution in [0.4, 0.5) is 11.4 Å². The van der Waals surface area contributed by atoms with E-state index >= 15 is 0 Å². The van der Waals surface area contributed by atoms with E-state index in [1.165, 1.54) is 6.08 Å². The second kappa shape index (κ2) is 9.60. The molecule has 8 nitrogen and oxygen atoms in total. The average molecular weight is 409 g/mol. The smallest absolute Gasteiger partial charge is 0.265 e. The highest BCUT2D eigenvalue weighted by molar-refractivity contribution is 5.99. The van der Waals surface area contributed by atoms with Crippen LogP contribution >= 0.6 is 0 Å². The van der Waals surface area contributed by atoms with Crippen LogP contribution in [-0.2, 0) is 14.4 Å². The molecule has 1 atom stereocenters. The SMILES string of the molecule is COc1ccc(/C=C/C(=O)NCCC(=O)Nc2ccc3c(c2)NC(=O)[C@H](C)O3)cc1. The third-order valence-corrected chi connectivity index (χ3v) is 4.39. The molecule has 0 fully saturated rings. The second-order valence-corrected chi connectivity index (χ2v) is 6.66. The van der Waals surface area contributed by atoms with E-state index in [0.717, 1.165) is 11.3 Å². The van der Waals surface area contributed by atoms with E-state index < -0.39 is 6.10 Å². The lowest BCUT2D eigenvalue weighted by Gasteiger charge is -2.23. The van der Waals surface area contributed by atoms with Crippen molar-refractivity contribution in [3.05, 3.63) is 54.1 Å². The first-order valence-corrected chi connectivity index (χ1v) is 9.46. The molecule has 0 bridgehead atoms. The van der Waals surface area contributed by atoms with Gasteiger partial charge in [-0.2, -0.15) is 0 Å². The zero-order valence-electron chi connectivity index (χ0n) is 16.7. The molecule has 3 N–H and O–H groups in total. The van der Waals surface area contributed by atoms with Crippen molar-refractivity contribution in [3.63, 3.8) is 0 Å². The molecule has 0 radical (unpaired) electrons. The first kappa shape index (κ1) is 20.9. The van der Waals surface area contributed by atoms with Crippen molar-refractivity contribution in [2.24, 2.45) is 0 Å². The van der Waals surface area contributed by atoms with Crippen LogP contribution in [0.1, 0.15) is 18.9 Å². The maximum absolute atomic E-state index is 12.1. The summed E-state index contributed by atoms with van der Waals surface area (Å²) < 4.78 is 10.6. The molecule has 2 aromatic carbocycles. The number of carbonyl (C=O) groups is 3. The summed E-state index contributed by atoms with van der Waals surface area (Å²) in [6, 6.07) is 12.3. The summed E-state index contributed by atoms with van der Waals surface area (Å²) in [6.45, 7) is 1.86. The van der Waals surface area contributed by atoms with E-state index in [1.807, 2.05) is 12.1 Å². The Bertz CT molecular complexity index is 969. The normalized spacial score (nSPS) is 15.0. The van der Waals surface area contributed by atoms with Gasteiger partial charge in [-0.25, -0.2) is 0 Å². The Morgan fingerprint density at radius 3 is 2.70 bits per heavy atom. The Morgan fingerprint density at radius 2 is 1.97 bits per heavy atom. The molecule has 1 aliphatic rings. The van der Waals surface area contributed by atoms with E-state index in [-0.39, 0.29) is 30.7 Å². The summed E-state index contributed by atoms with van der Waals surface area (Å²) in [5.41, 5.74) is 1.90. The van der Waals surface area contributed by atoms with Crippen molar-refractivity contribution in [2.75, 3.05) is 24.3 Å². The van der Waals surface area contributed by atoms with Gasteiger partial charge in [-0.05, 0) is 48.9 Å². The summed E-state index contributed by atoms with van der Waals surface area (Å²) >= 11 is 0. The third kappa shape index (κ3) is 5.60. The molecule has 0 saturated carbocycles. The Hall–Kier alpha value is -3.81. The van der Waals surface area contributed by atoms with Gasteiger partial charge in [-0.3, -0.25) is 14.4 Å². The topological polar surface area (TPSA) is 106 Å². The summed E-state index contributed by atoms with van der Waals surface area (Å²) in [5, 5.41) is 8.13. The zero-order valence-corrected chi connectivity index (χ0v) is 16.7. The highest BCUT2D eigenvalue weighted by Crippen LogP contribution is 2.32. The molecule has 0 unspecified atom stereocenters. The predicted molar refractivity (Wildman–Crippen MR) is 113 cm³/mol. The van der Waals surface area contributed by atoms with Crippen LogP contribution in [-0.4, -0.2) is 37.5 Å². The highest BCUT2D eigenvalue weighted by atomic mass is 16.5. The Labute approximate surface area is 174 Å². The number of anilines is 2. The van der Waals surface area contributed by atoms with Gasteiger partial charge in [0.15, 0.2) is 6.10 Å². The standard InChI is InChI=1S/C22H23N3O5/c1-14-22(28)25-18-13-16(6-9-19(18)30-14)24-21(27)11-12-23-20(26)10-5-15-3-7-17(29-2)8-4-15/h3-10,13-14H,11-12H2,1-2H3,(H,23,26)(H,24,27)(H,25,28)/b10-5+/t14-/m0/s1. The van der Waals surface area contributed by atoms with Gasteiger partial charge in [0.2, 0.25) is 11.8 Å². The van der Waals surface area contributed by atoms with Gasteiger partial charge in [0, 0.05) is 24.7 Å². The van der Waals surface area contributed by atoms with Gasteiger partial charge in [-0.1, -0.05) is 12.1 Å². The number of rotatable bonds is 7. The molecule has 1 aliphatic heterocycles. The number of carbonyl (C=O) groups excluding carboxylic acids is 3. The Balaban J connectivity index is 1.43. The number of amides is 3. The van der Waals surface area contributed by atoms with Crippen molar-refractivity contribution in [1.29, 1.82) is 0 Å². The lowest BCUT2D eigenvalue weighted by atomic mass is 10.2. The fourth-order valence-electron chi connectivity index (χ4n) is 2.76. The van der Waals surface area contributed by atoms with E-state index in [9.17, 15) is 14.4 Å². The van der Waals surface area contributed by atoms with E-state index in [4.69, 9.17) is 9.47 Å². The molecule has 8 heteroatoms. The van der Waals surface area contributed by atoms with Crippen molar-refractivity contribution < 1.29 is 23.9 Å². The summed E-state index contributed by atoms with van der Waals surface area (Å²) in [6.07, 6.45) is 2.64. The van der Waals surface area contributed by atoms with Gasteiger partial charge in [-0.15, -0.1) is 0 Å². The molecular weight excluding hydrogens is 386 g/mol. The molecule has 30 heavy (non-hydrogen) atoms. The van der Waals surface area contributed by atoms with Crippen molar-refractivity contribution in [2.45, 2.75) is 19.4 Å². The minimum atomic E-state index is -0.555. The molecule has 156 valence electrons. The lowest BCUT2D eigenvalue weighted by molar-refractivity contribution is -0.122. The third-order valence-electron chi connectivity index (χ3n) is 4.39. The largest absolute Gasteiger partial charge is 0.497 e. The fraction of sp³-hybridized carbons (Fsp3) is 0.227. The fourth-order valence-corrected chi connectivity index (χ4v) is 2.76. The van der Waals surface area contributed by atoms with Crippen molar-refractivity contribution in [3.8, 4) is 11.5 Å². The first-order chi connectivity index (χ1) is 14.4. The molecular formula is C22H23N3O5. The van der Waals surface area contributed by atoms with E-state index in [1.54, 1.807) is 50.4 Å². The molecule has 3 rings (SSSR count). The van der Waals surface area contributed by atoms with Crippen molar-refractivity contribution >= 4 is 35.2 Å². The summed E-state index contributed by atoms with van der Waals surface area (Å²) in [5.74, 6) is 0.505. The number of nitrogens with one attached hydrogen (secondary N) is 3. The monoisotopic (exact) mass is 409 g/mol. The highest BCUT2D eigenvalue weighted by Gasteiger charge is 2.23. The van der Waals surface area contributed by atoms with Crippen LogP contribution in [0.25, 0.3) is 6.08 Å². The van der Waals surface area contributed by atoms with Crippen LogP contribution < -0.4 is 25.4 Å². The van der Waals surface area contributed by atoms with Crippen LogP contribution in [0, 0.1) is 0 Å². The van der Waals surface area contributed by atoms with Crippen LogP contribution in [0.15, 0.2) is 48.5 Å². The molecule has 0 spiro atoms. The van der Waals surface area contributed by atoms with Gasteiger partial charge in [0.25, 0.3) is 5.91 Å². The molecule has 2 aromatic rings. The Morgan fingerprint density at radius 1 is 1.20 bits per heavy atom. The van der Waals surface area contributed by atoms with Gasteiger partial charge in [0.05, 0.1) is 12.8 Å². The minimum Gasteiger partial charge on any atom is -0.497 e. The van der Waals surface area contributed by atoms with Gasteiger partial charge < -0.3 is 25.4 Å². The van der Waals surface area contributed by atoms with Crippen LogP contribution in [0.5, 0.6) is 11.5 Å². The van der Waals surface area contributed by atoms with Crippen LogP contribution in [0.2, 0.25) is 0 Å². The number of fused-ring (bicyclic) bond motifs is 1. The van der Waals surface area contributed by atoms with E-state index in [2.05, 4.69) is 16.0 Å². The second-order valence-electron chi connectivity index (χ2n) is 6.66. The van der Waals surface area contributed by atoms with Gasteiger partial charge >= 0.3 is 0 Å². The molecule has 0 aromatic heterocycles. The molecule has 0 aliphatic carbocycles. The van der Waals surface area contributed by atoms with Crippen molar-refractivity contribution in [1.82, 2.24) is 5.32 Å². The maximum Gasteiger partial charge on any atom is 0.265 e. The number of hydrogen-bond donors (Lipinski definition) is 3. The zero-order chi connectivity index (χ0) is 21.5. The maximum atomic E-state index is 12.1. The number of hydrogen-bond acceptors (Lipinski definition) is 5.